The monoisotopic (exact) mass is 380 g/mol. The van der Waals surface area contributed by atoms with Crippen LogP contribution in [0.1, 0.15) is 22.3 Å². The lowest BCUT2D eigenvalue weighted by Crippen LogP contribution is -2.12. The molecule has 2 aromatic rings. The summed E-state index contributed by atoms with van der Waals surface area (Å²) in [5.41, 5.74) is 6.16. The largest absolute Gasteiger partial charge is 0.487 e. The van der Waals surface area contributed by atoms with Gasteiger partial charge in [-0.3, -0.25) is 4.79 Å². The van der Waals surface area contributed by atoms with E-state index in [4.69, 9.17) is 21.1 Å². The van der Waals surface area contributed by atoms with Crippen LogP contribution in [0, 0.1) is 6.92 Å². The number of carbonyl (C=O) groups excluding carboxylic acids is 2. The van der Waals surface area contributed by atoms with Crippen LogP contribution in [-0.4, -0.2) is 19.4 Å². The van der Waals surface area contributed by atoms with E-state index >= 15 is 0 Å². The summed E-state index contributed by atoms with van der Waals surface area (Å²) in [7, 11) is 1.26. The first-order chi connectivity index (χ1) is 13.0. The van der Waals surface area contributed by atoms with Crippen LogP contribution in [0.25, 0.3) is 11.8 Å². The number of aldehydes is 1. The van der Waals surface area contributed by atoms with Crippen molar-refractivity contribution in [3.05, 3.63) is 86.6 Å². The molecule has 0 unspecified atom stereocenters. The molecule has 0 aliphatic heterocycles. The van der Waals surface area contributed by atoms with E-state index in [-0.39, 0.29) is 23.5 Å². The van der Waals surface area contributed by atoms with Crippen molar-refractivity contribution in [3.8, 4) is 0 Å². The summed E-state index contributed by atoms with van der Waals surface area (Å²) >= 11 is 6.24. The number of rotatable bonds is 5. The number of halogens is 1. The third kappa shape index (κ3) is 3.87. The molecule has 0 amide bonds. The Morgan fingerprint density at radius 1 is 1.22 bits per heavy atom. The summed E-state index contributed by atoms with van der Waals surface area (Å²) in [4.78, 5) is 24.1. The molecule has 0 spiro atoms. The van der Waals surface area contributed by atoms with Crippen LogP contribution in [0.3, 0.4) is 0 Å². The Labute approximate surface area is 162 Å². The van der Waals surface area contributed by atoms with Crippen LogP contribution in [0.4, 0.5) is 0 Å². The molecule has 0 aromatic heterocycles. The van der Waals surface area contributed by atoms with Crippen molar-refractivity contribution in [2.45, 2.75) is 13.5 Å². The lowest BCUT2D eigenvalue weighted by atomic mass is 9.98. The molecule has 0 saturated carbocycles. The highest BCUT2D eigenvalue weighted by molar-refractivity contribution is 6.31. The molecule has 136 valence electrons. The van der Waals surface area contributed by atoms with Gasteiger partial charge in [-0.2, -0.15) is 0 Å². The maximum atomic E-state index is 12.5. The molecule has 4 nitrogen and oxygen atoms in total. The molecule has 0 fully saturated rings. The molecule has 1 aliphatic rings. The lowest BCUT2D eigenvalue weighted by Gasteiger charge is -2.17. The van der Waals surface area contributed by atoms with Crippen molar-refractivity contribution in [1.29, 1.82) is 0 Å². The van der Waals surface area contributed by atoms with Crippen LogP contribution in [0.2, 0.25) is 5.02 Å². The molecular formula is C22H17ClO4. The van der Waals surface area contributed by atoms with E-state index in [9.17, 15) is 9.59 Å². The number of benzene rings is 2. The minimum atomic E-state index is -0.674. The molecule has 0 saturated heterocycles. The fourth-order valence-electron chi connectivity index (χ4n) is 2.89. The summed E-state index contributed by atoms with van der Waals surface area (Å²) in [6, 6.07) is 13.0. The number of hydrogen-bond donors (Lipinski definition) is 0. The molecule has 0 radical (unpaired) electrons. The smallest absolute Gasteiger partial charge is 0.343 e. The molecule has 3 rings (SSSR count). The number of hydrogen-bond acceptors (Lipinski definition) is 4. The van der Waals surface area contributed by atoms with Gasteiger partial charge in [0.05, 0.1) is 12.7 Å². The maximum Gasteiger partial charge on any atom is 0.343 e. The van der Waals surface area contributed by atoms with Crippen LogP contribution in [0.15, 0.2) is 59.3 Å². The molecule has 5 heteroatoms. The van der Waals surface area contributed by atoms with Gasteiger partial charge in [0.15, 0.2) is 6.29 Å². The van der Waals surface area contributed by atoms with Gasteiger partial charge in [0, 0.05) is 10.6 Å². The zero-order valence-corrected chi connectivity index (χ0v) is 15.7. The Bertz CT molecular complexity index is 996. The quantitative estimate of drug-likeness (QED) is 0.435. The molecule has 27 heavy (non-hydrogen) atoms. The number of aryl methyl sites for hydroxylation is 1. The van der Waals surface area contributed by atoms with Crippen LogP contribution in [-0.2, 0) is 25.7 Å². The van der Waals surface area contributed by atoms with E-state index in [2.05, 4.69) is 5.73 Å². The highest BCUT2D eigenvalue weighted by atomic mass is 35.5. The summed E-state index contributed by atoms with van der Waals surface area (Å²) in [6.07, 6.45) is 2.23. The molecular weight excluding hydrogens is 364 g/mol. The van der Waals surface area contributed by atoms with E-state index in [0.29, 0.717) is 16.9 Å². The average molecular weight is 381 g/mol. The van der Waals surface area contributed by atoms with Gasteiger partial charge in [-0.1, -0.05) is 41.9 Å². The van der Waals surface area contributed by atoms with Gasteiger partial charge in [0.2, 0.25) is 0 Å². The topological polar surface area (TPSA) is 52.6 Å². The third-order valence-electron chi connectivity index (χ3n) is 4.20. The number of fused-ring (bicyclic) bond motifs is 1. The van der Waals surface area contributed by atoms with Gasteiger partial charge in [0.25, 0.3) is 0 Å². The summed E-state index contributed by atoms with van der Waals surface area (Å²) in [5, 5.41) is 0.499. The Morgan fingerprint density at radius 3 is 2.63 bits per heavy atom. The van der Waals surface area contributed by atoms with Crippen molar-refractivity contribution in [1.82, 2.24) is 0 Å². The fourth-order valence-corrected chi connectivity index (χ4v) is 3.16. The third-order valence-corrected chi connectivity index (χ3v) is 4.42. The molecule has 0 N–H and O–H groups in total. The summed E-state index contributed by atoms with van der Waals surface area (Å²) in [6.45, 7) is 2.11. The highest BCUT2D eigenvalue weighted by Gasteiger charge is 2.27. The maximum absolute atomic E-state index is 12.5. The Kier molecular flexibility index (Phi) is 5.60. The summed E-state index contributed by atoms with van der Waals surface area (Å²) in [5.74, 6) is -0.429. The van der Waals surface area contributed by atoms with Crippen molar-refractivity contribution in [2.24, 2.45) is 0 Å². The van der Waals surface area contributed by atoms with Gasteiger partial charge < -0.3 is 9.47 Å². The predicted molar refractivity (Wildman–Crippen MR) is 104 cm³/mol. The van der Waals surface area contributed by atoms with Gasteiger partial charge in [-0.25, -0.2) is 4.79 Å². The van der Waals surface area contributed by atoms with Crippen LogP contribution >= 0.6 is 11.6 Å². The van der Waals surface area contributed by atoms with Gasteiger partial charge in [-0.15, -0.1) is 5.73 Å². The average Bonchev–Trinajstić information content (AvgIpc) is 2.83. The molecule has 1 aliphatic carbocycles. The van der Waals surface area contributed by atoms with E-state index in [1.165, 1.54) is 7.11 Å². The second-order valence-corrected chi connectivity index (χ2v) is 6.41. The van der Waals surface area contributed by atoms with Gasteiger partial charge in [0.1, 0.15) is 17.9 Å². The first-order valence-electron chi connectivity index (χ1n) is 8.27. The lowest BCUT2D eigenvalue weighted by molar-refractivity contribution is -0.136. The standard InChI is InChI=1S/C22H17ClO4/c1-14-10-17(23)11-19-18(14)9-8-16(12-24)20(22(25)26-2)21(19)27-13-15-6-4-3-5-7-15/h3-7,9-12H,13H2,1-2H3. The van der Waals surface area contributed by atoms with Gasteiger partial charge in [-0.05, 0) is 41.8 Å². The first-order valence-corrected chi connectivity index (χ1v) is 8.65. The van der Waals surface area contributed by atoms with Crippen LogP contribution in [0.5, 0.6) is 0 Å². The zero-order chi connectivity index (χ0) is 19.4. The Morgan fingerprint density at radius 2 is 1.96 bits per heavy atom. The number of methoxy groups -OCH3 is 1. The van der Waals surface area contributed by atoms with Crippen molar-refractivity contribution in [2.75, 3.05) is 7.11 Å². The molecule has 0 bridgehead atoms. The van der Waals surface area contributed by atoms with Gasteiger partial charge >= 0.3 is 5.97 Å². The van der Waals surface area contributed by atoms with Crippen molar-refractivity contribution >= 4 is 35.7 Å². The fraction of sp³-hybridized carbons (Fsp3) is 0.136. The zero-order valence-electron chi connectivity index (χ0n) is 14.9. The van der Waals surface area contributed by atoms with Crippen molar-refractivity contribution < 1.29 is 19.1 Å². The number of esters is 1. The minimum absolute atomic E-state index is 0.0279. The van der Waals surface area contributed by atoms with E-state index in [1.54, 1.807) is 18.2 Å². The number of ether oxygens (including phenoxy) is 2. The molecule has 2 aromatic carbocycles. The predicted octanol–water partition coefficient (Wildman–Crippen LogP) is 4.50. The Balaban J connectivity index is 2.21. The second kappa shape index (κ2) is 8.09. The van der Waals surface area contributed by atoms with E-state index in [0.717, 1.165) is 16.7 Å². The van der Waals surface area contributed by atoms with Crippen molar-refractivity contribution in [3.63, 3.8) is 0 Å². The van der Waals surface area contributed by atoms with E-state index in [1.807, 2.05) is 37.3 Å². The number of carbonyl (C=O) groups is 2. The van der Waals surface area contributed by atoms with Crippen LogP contribution < -0.4 is 0 Å². The molecule has 0 atom stereocenters. The molecule has 0 heterocycles. The Hall–Kier alpha value is -3.07. The second-order valence-electron chi connectivity index (χ2n) is 5.97. The first kappa shape index (κ1) is 18.7. The normalized spacial score (nSPS) is 12.8. The minimum Gasteiger partial charge on any atom is -0.487 e. The summed E-state index contributed by atoms with van der Waals surface area (Å²) < 4.78 is 10.9. The van der Waals surface area contributed by atoms with E-state index < -0.39 is 5.97 Å². The SMILES string of the molecule is COC(=O)C1=C(OCc2ccccc2)c2cc(Cl)cc(C)c2C=C=C1C=O. The highest BCUT2D eigenvalue weighted by Crippen LogP contribution is 2.35.